The zero-order valence-corrected chi connectivity index (χ0v) is 16.1. The topological polar surface area (TPSA) is 72.7 Å². The summed E-state index contributed by atoms with van der Waals surface area (Å²) in [5.74, 6) is 0.355. The summed E-state index contributed by atoms with van der Waals surface area (Å²) >= 11 is 1.56. The van der Waals surface area contributed by atoms with Gasteiger partial charge in [0.15, 0.2) is 4.96 Å². The number of rotatable bonds is 4. The molecule has 0 spiro atoms. The Labute approximate surface area is 160 Å². The standard InChI is InChI=1S/C20H21N3O3S/c1-12(13-7-9-14(26-2)10-8-13)22-18(24)15-11-21-20-23(19(15)25)16-5-3-4-6-17(16)27-20/h7-12H,3-6H2,1-2H3,(H,22,24)/t12-/m1/s1. The molecule has 0 aliphatic heterocycles. The molecule has 1 atom stereocenters. The molecular weight excluding hydrogens is 362 g/mol. The van der Waals surface area contributed by atoms with Crippen LogP contribution in [-0.4, -0.2) is 22.4 Å². The van der Waals surface area contributed by atoms with E-state index in [0.29, 0.717) is 4.96 Å². The molecule has 6 nitrogen and oxygen atoms in total. The van der Waals surface area contributed by atoms with Crippen molar-refractivity contribution in [2.45, 2.75) is 38.6 Å². The van der Waals surface area contributed by atoms with Crippen LogP contribution in [0, 0.1) is 0 Å². The summed E-state index contributed by atoms with van der Waals surface area (Å²) in [4.78, 5) is 31.9. The number of nitrogens with one attached hydrogen (secondary N) is 1. The highest BCUT2D eigenvalue weighted by Gasteiger charge is 2.22. The number of amides is 1. The number of carbonyl (C=O) groups excluding carboxylic acids is 1. The summed E-state index contributed by atoms with van der Waals surface area (Å²) in [6, 6.07) is 7.25. The summed E-state index contributed by atoms with van der Waals surface area (Å²) < 4.78 is 6.79. The van der Waals surface area contributed by atoms with E-state index in [9.17, 15) is 9.59 Å². The molecule has 1 aliphatic rings. The maximum atomic E-state index is 13.0. The summed E-state index contributed by atoms with van der Waals surface area (Å²) in [5, 5.41) is 2.90. The summed E-state index contributed by atoms with van der Waals surface area (Å²) in [5.41, 5.74) is 1.76. The molecule has 0 saturated carbocycles. The number of nitrogens with zero attached hydrogens (tertiary/aromatic N) is 2. The van der Waals surface area contributed by atoms with Gasteiger partial charge in [0.2, 0.25) is 0 Å². The van der Waals surface area contributed by atoms with Gasteiger partial charge in [0.25, 0.3) is 11.5 Å². The number of aromatic nitrogens is 2. The van der Waals surface area contributed by atoms with E-state index in [4.69, 9.17) is 4.74 Å². The van der Waals surface area contributed by atoms with Crippen molar-refractivity contribution >= 4 is 22.2 Å². The molecule has 0 saturated heterocycles. The smallest absolute Gasteiger partial charge is 0.271 e. The van der Waals surface area contributed by atoms with Crippen LogP contribution in [0.5, 0.6) is 5.75 Å². The normalized spacial score (nSPS) is 14.6. The Morgan fingerprint density at radius 1 is 1.26 bits per heavy atom. The average molecular weight is 383 g/mol. The van der Waals surface area contributed by atoms with Crippen molar-refractivity contribution in [3.63, 3.8) is 0 Å². The average Bonchev–Trinajstić information content (AvgIpc) is 3.07. The lowest BCUT2D eigenvalue weighted by molar-refractivity contribution is 0.0938. The fourth-order valence-electron chi connectivity index (χ4n) is 3.47. The molecule has 0 radical (unpaired) electrons. The first-order chi connectivity index (χ1) is 13.1. The highest BCUT2D eigenvalue weighted by Crippen LogP contribution is 2.28. The molecule has 1 aliphatic carbocycles. The number of thiazole rings is 1. The number of carbonyl (C=O) groups is 1. The first kappa shape index (κ1) is 17.7. The van der Waals surface area contributed by atoms with Gasteiger partial charge in [0, 0.05) is 16.8 Å². The third kappa shape index (κ3) is 3.23. The molecule has 4 rings (SSSR count). The van der Waals surface area contributed by atoms with Crippen molar-refractivity contribution in [3.8, 4) is 5.75 Å². The minimum Gasteiger partial charge on any atom is -0.497 e. The van der Waals surface area contributed by atoms with E-state index >= 15 is 0 Å². The minimum atomic E-state index is -0.402. The number of aryl methyl sites for hydroxylation is 2. The van der Waals surface area contributed by atoms with E-state index < -0.39 is 5.91 Å². The Balaban J connectivity index is 1.62. The van der Waals surface area contributed by atoms with Gasteiger partial charge in [-0.2, -0.15) is 0 Å². The van der Waals surface area contributed by atoms with E-state index in [1.807, 2.05) is 31.2 Å². The van der Waals surface area contributed by atoms with Crippen LogP contribution < -0.4 is 15.6 Å². The van der Waals surface area contributed by atoms with Crippen molar-refractivity contribution in [2.75, 3.05) is 7.11 Å². The zero-order chi connectivity index (χ0) is 19.0. The molecule has 0 unspecified atom stereocenters. The number of hydrogen-bond acceptors (Lipinski definition) is 5. The molecular formula is C20H21N3O3S. The predicted molar refractivity (Wildman–Crippen MR) is 105 cm³/mol. The first-order valence-corrected chi connectivity index (χ1v) is 9.87. The highest BCUT2D eigenvalue weighted by atomic mass is 32.1. The van der Waals surface area contributed by atoms with Crippen molar-refractivity contribution in [2.24, 2.45) is 0 Å². The number of fused-ring (bicyclic) bond motifs is 3. The largest absolute Gasteiger partial charge is 0.497 e. The molecule has 7 heteroatoms. The monoisotopic (exact) mass is 383 g/mol. The Morgan fingerprint density at radius 2 is 2.00 bits per heavy atom. The fraction of sp³-hybridized carbons (Fsp3) is 0.350. The SMILES string of the molecule is COc1ccc([C@@H](C)NC(=O)c2cnc3sc4c(n3c2=O)CCCC4)cc1. The minimum absolute atomic E-state index is 0.0824. The maximum absolute atomic E-state index is 13.0. The summed E-state index contributed by atoms with van der Waals surface area (Å²) in [7, 11) is 1.61. The lowest BCUT2D eigenvalue weighted by atomic mass is 10.0. The van der Waals surface area contributed by atoms with Crippen LogP contribution in [-0.2, 0) is 12.8 Å². The van der Waals surface area contributed by atoms with Crippen molar-refractivity contribution in [3.05, 3.63) is 62.5 Å². The second-order valence-electron chi connectivity index (χ2n) is 6.74. The molecule has 3 aromatic rings. The Morgan fingerprint density at radius 3 is 2.74 bits per heavy atom. The Bertz CT molecular complexity index is 1050. The number of ether oxygens (including phenoxy) is 1. The highest BCUT2D eigenvalue weighted by molar-refractivity contribution is 7.17. The first-order valence-electron chi connectivity index (χ1n) is 9.05. The molecule has 27 heavy (non-hydrogen) atoms. The second kappa shape index (κ2) is 7.15. The van der Waals surface area contributed by atoms with E-state index in [-0.39, 0.29) is 17.2 Å². The van der Waals surface area contributed by atoms with Crippen LogP contribution in [0.3, 0.4) is 0 Å². The molecule has 0 fully saturated rings. The van der Waals surface area contributed by atoms with Crippen LogP contribution >= 0.6 is 11.3 Å². The van der Waals surface area contributed by atoms with E-state index in [1.54, 1.807) is 22.8 Å². The maximum Gasteiger partial charge on any atom is 0.271 e. The third-order valence-electron chi connectivity index (χ3n) is 5.01. The van der Waals surface area contributed by atoms with Crippen LogP contribution in [0.25, 0.3) is 4.96 Å². The Kier molecular flexibility index (Phi) is 4.70. The van der Waals surface area contributed by atoms with Gasteiger partial charge >= 0.3 is 0 Å². The van der Waals surface area contributed by atoms with Gasteiger partial charge in [0.05, 0.1) is 13.2 Å². The van der Waals surface area contributed by atoms with Crippen molar-refractivity contribution in [1.29, 1.82) is 0 Å². The van der Waals surface area contributed by atoms with Gasteiger partial charge in [0.1, 0.15) is 11.3 Å². The van der Waals surface area contributed by atoms with Gasteiger partial charge in [-0.1, -0.05) is 12.1 Å². The lowest BCUT2D eigenvalue weighted by Gasteiger charge is -2.15. The van der Waals surface area contributed by atoms with Crippen molar-refractivity contribution < 1.29 is 9.53 Å². The molecule has 1 amide bonds. The van der Waals surface area contributed by atoms with Gasteiger partial charge < -0.3 is 10.1 Å². The fourth-order valence-corrected chi connectivity index (χ4v) is 4.64. The molecule has 1 N–H and O–H groups in total. The molecule has 0 bridgehead atoms. The van der Waals surface area contributed by atoms with Gasteiger partial charge in [-0.3, -0.25) is 14.0 Å². The number of hydrogen-bond donors (Lipinski definition) is 1. The third-order valence-corrected chi connectivity index (χ3v) is 6.17. The van der Waals surface area contributed by atoms with E-state index in [2.05, 4.69) is 10.3 Å². The van der Waals surface area contributed by atoms with Gasteiger partial charge in [-0.25, -0.2) is 4.98 Å². The van der Waals surface area contributed by atoms with Crippen LogP contribution in [0.1, 0.15) is 52.3 Å². The van der Waals surface area contributed by atoms with Crippen LogP contribution in [0.2, 0.25) is 0 Å². The number of methoxy groups -OCH3 is 1. The summed E-state index contributed by atoms with van der Waals surface area (Å²) in [6.45, 7) is 1.88. The lowest BCUT2D eigenvalue weighted by Crippen LogP contribution is -2.33. The van der Waals surface area contributed by atoms with Crippen LogP contribution in [0.15, 0.2) is 35.3 Å². The van der Waals surface area contributed by atoms with Crippen LogP contribution in [0.4, 0.5) is 0 Å². The van der Waals surface area contributed by atoms with Gasteiger partial charge in [-0.05, 0) is 50.3 Å². The number of benzene rings is 1. The molecule has 2 heterocycles. The van der Waals surface area contributed by atoms with E-state index in [1.165, 1.54) is 11.1 Å². The van der Waals surface area contributed by atoms with Gasteiger partial charge in [-0.15, -0.1) is 11.3 Å². The van der Waals surface area contributed by atoms with Crippen molar-refractivity contribution in [1.82, 2.24) is 14.7 Å². The Hall–Kier alpha value is -2.67. The second-order valence-corrected chi connectivity index (χ2v) is 7.80. The summed E-state index contributed by atoms with van der Waals surface area (Å²) in [6.07, 6.45) is 5.45. The molecule has 2 aromatic heterocycles. The van der Waals surface area contributed by atoms with E-state index in [0.717, 1.165) is 42.7 Å². The quantitative estimate of drug-likeness (QED) is 0.751. The molecule has 1 aromatic carbocycles. The predicted octanol–water partition coefficient (Wildman–Crippen LogP) is 3.13. The molecule has 140 valence electrons. The zero-order valence-electron chi connectivity index (χ0n) is 15.3.